The highest BCUT2D eigenvalue weighted by molar-refractivity contribution is 7.19. The molecule has 1 atom stereocenters. The number of methoxy groups -OCH3 is 1. The van der Waals surface area contributed by atoms with E-state index in [0.29, 0.717) is 12.3 Å². The van der Waals surface area contributed by atoms with Crippen molar-refractivity contribution in [1.82, 2.24) is 0 Å². The lowest BCUT2D eigenvalue weighted by molar-refractivity contribution is -0.148. The van der Waals surface area contributed by atoms with Gasteiger partial charge in [0.1, 0.15) is 5.75 Å². The Balaban J connectivity index is 1.49. The molecule has 1 aliphatic rings. The zero-order chi connectivity index (χ0) is 26.9. The molecular weight excluding hydrogens is 500 g/mol. The first-order valence-corrected chi connectivity index (χ1v) is 14.7. The number of fused-ring (bicyclic) bond motifs is 2. The summed E-state index contributed by atoms with van der Waals surface area (Å²) in [6, 6.07) is 27.6. The summed E-state index contributed by atoms with van der Waals surface area (Å²) in [7, 11) is 1.43. The zero-order valence-electron chi connectivity index (χ0n) is 22.8. The Kier molecular flexibility index (Phi) is 7.14. The van der Waals surface area contributed by atoms with Gasteiger partial charge in [0, 0.05) is 21.4 Å². The van der Waals surface area contributed by atoms with E-state index in [1.54, 1.807) is 0 Å². The molecule has 0 radical (unpaired) electrons. The topological polar surface area (TPSA) is 35.5 Å². The Morgan fingerprint density at radius 1 is 0.949 bits per heavy atom. The van der Waals surface area contributed by atoms with Crippen molar-refractivity contribution in [3.8, 4) is 16.9 Å². The molecule has 1 saturated carbocycles. The Morgan fingerprint density at radius 3 is 2.46 bits per heavy atom. The molecule has 3 nitrogen and oxygen atoms in total. The van der Waals surface area contributed by atoms with Crippen molar-refractivity contribution < 1.29 is 14.3 Å². The van der Waals surface area contributed by atoms with Crippen molar-refractivity contribution in [3.05, 3.63) is 100 Å². The number of aryl methyl sites for hydroxylation is 2. The number of benzene rings is 4. The van der Waals surface area contributed by atoms with Crippen LogP contribution in [0.25, 0.3) is 32.0 Å². The van der Waals surface area contributed by atoms with E-state index >= 15 is 0 Å². The summed E-state index contributed by atoms with van der Waals surface area (Å²) in [5.74, 6) is 0.873. The second-order valence-corrected chi connectivity index (χ2v) is 11.9. The third-order valence-corrected chi connectivity index (χ3v) is 9.42. The fourth-order valence-corrected chi connectivity index (χ4v) is 7.27. The third kappa shape index (κ3) is 4.94. The van der Waals surface area contributed by atoms with Crippen molar-refractivity contribution >= 4 is 38.2 Å². The largest absolute Gasteiger partial charge is 0.478 e. The lowest BCUT2D eigenvalue weighted by Crippen LogP contribution is -2.31. The highest BCUT2D eigenvalue weighted by Gasteiger charge is 2.27. The van der Waals surface area contributed by atoms with Gasteiger partial charge in [0.05, 0.1) is 7.11 Å². The Labute approximate surface area is 234 Å². The molecule has 1 aromatic heterocycles. The van der Waals surface area contributed by atoms with Crippen LogP contribution < -0.4 is 4.74 Å². The molecule has 4 heteroatoms. The van der Waals surface area contributed by atoms with E-state index in [4.69, 9.17) is 9.47 Å². The van der Waals surface area contributed by atoms with Crippen LogP contribution in [-0.2, 0) is 16.0 Å². The monoisotopic (exact) mass is 534 g/mol. The molecule has 1 fully saturated rings. The fraction of sp³-hybridized carbons (Fsp3) is 0.286. The highest BCUT2D eigenvalue weighted by atomic mass is 32.1. The molecule has 39 heavy (non-hydrogen) atoms. The fourth-order valence-electron chi connectivity index (χ4n) is 6.15. The molecule has 0 bridgehead atoms. The van der Waals surface area contributed by atoms with Crippen LogP contribution in [0.15, 0.2) is 78.9 Å². The summed E-state index contributed by atoms with van der Waals surface area (Å²) < 4.78 is 13.0. The third-order valence-electron chi connectivity index (χ3n) is 8.27. The molecule has 1 unspecified atom stereocenters. The first-order valence-electron chi connectivity index (χ1n) is 13.9. The second-order valence-electron chi connectivity index (χ2n) is 10.7. The van der Waals surface area contributed by atoms with E-state index in [2.05, 4.69) is 62.4 Å². The summed E-state index contributed by atoms with van der Waals surface area (Å²) in [6.45, 7) is 4.46. The van der Waals surface area contributed by atoms with Crippen LogP contribution >= 0.6 is 11.3 Å². The van der Waals surface area contributed by atoms with Gasteiger partial charge in [0.15, 0.2) is 6.10 Å². The van der Waals surface area contributed by atoms with Crippen molar-refractivity contribution in [2.75, 3.05) is 7.11 Å². The molecule has 0 aliphatic heterocycles. The van der Waals surface area contributed by atoms with E-state index in [9.17, 15) is 4.79 Å². The summed E-state index contributed by atoms with van der Waals surface area (Å²) in [4.78, 5) is 14.2. The van der Waals surface area contributed by atoms with Crippen LogP contribution in [0.2, 0.25) is 0 Å². The summed E-state index contributed by atoms with van der Waals surface area (Å²) >= 11 is 1.87. The number of carbonyl (C=O) groups is 1. The standard InChI is InChI=1S/C35H34O3S/c1-22-23(2)39-32-21-26-15-9-10-16-28(26)34(33(22)32)27-17-18-30(29(20-27)25-13-7-8-14-25)38-31(35(36)37-3)19-24-11-5-4-6-12-24/h4-6,9-12,15-18,20-21,25,31H,7-8,13-14,19H2,1-3H3. The summed E-state index contributed by atoms with van der Waals surface area (Å²) in [5.41, 5.74) is 6.12. The van der Waals surface area contributed by atoms with E-state index in [-0.39, 0.29) is 5.97 Å². The molecule has 198 valence electrons. The minimum absolute atomic E-state index is 0.347. The average molecular weight is 535 g/mol. The maximum absolute atomic E-state index is 12.8. The van der Waals surface area contributed by atoms with Crippen LogP contribution in [0.3, 0.4) is 0 Å². The number of rotatable bonds is 7. The second kappa shape index (κ2) is 10.9. The first-order chi connectivity index (χ1) is 19.0. The van der Waals surface area contributed by atoms with Crippen LogP contribution in [0.1, 0.15) is 53.2 Å². The molecular formula is C35H34O3S. The number of ether oxygens (including phenoxy) is 2. The van der Waals surface area contributed by atoms with E-state index in [1.165, 1.54) is 67.9 Å². The Bertz CT molecular complexity index is 1640. The Morgan fingerprint density at radius 2 is 1.69 bits per heavy atom. The van der Waals surface area contributed by atoms with Gasteiger partial charge in [0.25, 0.3) is 0 Å². The first kappa shape index (κ1) is 25.6. The molecule has 0 amide bonds. The van der Waals surface area contributed by atoms with Crippen LogP contribution in [0.4, 0.5) is 0 Å². The van der Waals surface area contributed by atoms with Gasteiger partial charge in [-0.1, -0.05) is 73.5 Å². The van der Waals surface area contributed by atoms with E-state index in [1.807, 2.05) is 41.7 Å². The van der Waals surface area contributed by atoms with E-state index in [0.717, 1.165) is 24.2 Å². The van der Waals surface area contributed by atoms with Crippen LogP contribution in [0, 0.1) is 13.8 Å². The minimum Gasteiger partial charge on any atom is -0.478 e. The number of thiophene rings is 1. The lowest BCUT2D eigenvalue weighted by atomic mass is 9.89. The number of carbonyl (C=O) groups excluding carboxylic acids is 1. The van der Waals surface area contributed by atoms with Gasteiger partial charge in [-0.05, 0) is 89.4 Å². The van der Waals surface area contributed by atoms with Gasteiger partial charge in [-0.15, -0.1) is 11.3 Å². The van der Waals surface area contributed by atoms with Crippen molar-refractivity contribution in [2.45, 2.75) is 58.0 Å². The quantitative estimate of drug-likeness (QED) is 0.195. The molecule has 1 aliphatic carbocycles. The normalized spacial score (nSPS) is 14.6. The minimum atomic E-state index is -0.700. The van der Waals surface area contributed by atoms with Crippen molar-refractivity contribution in [1.29, 1.82) is 0 Å². The summed E-state index contributed by atoms with van der Waals surface area (Å²) in [6.07, 6.45) is 4.50. The molecule has 4 aromatic carbocycles. The van der Waals surface area contributed by atoms with Crippen LogP contribution in [0.5, 0.6) is 5.75 Å². The van der Waals surface area contributed by atoms with Gasteiger partial charge in [0.2, 0.25) is 0 Å². The number of hydrogen-bond donors (Lipinski definition) is 0. The molecule has 0 N–H and O–H groups in total. The van der Waals surface area contributed by atoms with Gasteiger partial charge in [-0.3, -0.25) is 0 Å². The summed E-state index contributed by atoms with van der Waals surface area (Å²) in [5, 5.41) is 3.88. The maximum atomic E-state index is 12.8. The van der Waals surface area contributed by atoms with E-state index < -0.39 is 6.10 Å². The SMILES string of the molecule is COC(=O)C(Cc1ccccc1)Oc1ccc(-c2c3ccccc3cc3sc(C)c(C)c23)cc1C1CCCC1. The molecule has 0 spiro atoms. The van der Waals surface area contributed by atoms with Gasteiger partial charge >= 0.3 is 5.97 Å². The van der Waals surface area contributed by atoms with Crippen LogP contribution in [-0.4, -0.2) is 19.2 Å². The highest BCUT2D eigenvalue weighted by Crippen LogP contribution is 2.46. The van der Waals surface area contributed by atoms with Crippen molar-refractivity contribution in [2.24, 2.45) is 0 Å². The Hall–Kier alpha value is -3.63. The number of esters is 1. The molecule has 0 saturated heterocycles. The molecule has 5 aromatic rings. The maximum Gasteiger partial charge on any atom is 0.347 e. The lowest BCUT2D eigenvalue weighted by Gasteiger charge is -2.23. The van der Waals surface area contributed by atoms with Gasteiger partial charge in [-0.2, -0.15) is 0 Å². The predicted molar refractivity (Wildman–Crippen MR) is 162 cm³/mol. The molecule has 6 rings (SSSR count). The number of hydrogen-bond acceptors (Lipinski definition) is 4. The van der Waals surface area contributed by atoms with Gasteiger partial charge in [-0.25, -0.2) is 4.79 Å². The average Bonchev–Trinajstić information content (AvgIpc) is 3.60. The predicted octanol–water partition coefficient (Wildman–Crippen LogP) is 9.16. The molecule has 1 heterocycles. The zero-order valence-corrected chi connectivity index (χ0v) is 23.6. The smallest absolute Gasteiger partial charge is 0.347 e. The van der Waals surface area contributed by atoms with Gasteiger partial charge < -0.3 is 9.47 Å². The van der Waals surface area contributed by atoms with Crippen molar-refractivity contribution in [3.63, 3.8) is 0 Å².